The molecule has 0 bridgehead atoms. The molecule has 7 heteroatoms. The average molecular weight is 332 g/mol. The van der Waals surface area contributed by atoms with Gasteiger partial charge in [0.2, 0.25) is 0 Å². The van der Waals surface area contributed by atoms with Crippen molar-refractivity contribution in [3.63, 3.8) is 0 Å². The fourth-order valence-electron chi connectivity index (χ4n) is 0.542. The lowest BCUT2D eigenvalue weighted by Crippen LogP contribution is -2.15. The number of hydrogen-bond donors (Lipinski definition) is 0. The summed E-state index contributed by atoms with van der Waals surface area (Å²) < 4.78 is -0.228. The van der Waals surface area contributed by atoms with Gasteiger partial charge in [-0.1, -0.05) is 22.6 Å². The van der Waals surface area contributed by atoms with Gasteiger partial charge in [-0.05, 0) is 25.8 Å². The molecule has 0 spiro atoms. The van der Waals surface area contributed by atoms with Crippen LogP contribution in [0.3, 0.4) is 0 Å². The maximum atomic E-state index is 10.2. The van der Waals surface area contributed by atoms with Crippen LogP contribution in [-0.4, -0.2) is 26.0 Å². The van der Waals surface area contributed by atoms with E-state index < -0.39 is 9.50 Å². The Hall–Kier alpha value is -0.0500. The molecule has 0 N–H and O–H groups in total. The molecule has 0 aromatic heterocycles. The minimum atomic E-state index is -0.796. The van der Waals surface area contributed by atoms with Gasteiger partial charge in [0.1, 0.15) is 6.21 Å². The lowest BCUT2D eigenvalue weighted by atomic mass is 10.6. The van der Waals surface area contributed by atoms with Gasteiger partial charge in [-0.3, -0.25) is 0 Å². The van der Waals surface area contributed by atoms with Gasteiger partial charge in [-0.25, -0.2) is 4.99 Å². The van der Waals surface area contributed by atoms with Crippen molar-refractivity contribution in [3.05, 3.63) is 10.1 Å². The molecular weight excluding hydrogens is 329 g/mol. The van der Waals surface area contributed by atoms with Crippen molar-refractivity contribution in [3.8, 4) is 0 Å². The van der Waals surface area contributed by atoms with Gasteiger partial charge in [0, 0.05) is 0 Å². The zero-order chi connectivity index (χ0) is 8.48. The number of alkyl halides is 2. The number of amidine groups is 1. The Morgan fingerprint density at radius 3 is 2.82 bits per heavy atom. The summed E-state index contributed by atoms with van der Waals surface area (Å²) in [5.74, 6) is -0.196. The molecule has 1 heterocycles. The van der Waals surface area contributed by atoms with E-state index in [0.717, 1.165) is 6.21 Å². The number of nitrogens with zero attached hydrogens (tertiary/aromatic N) is 3. The molecule has 1 unspecified atom stereocenters. The first kappa shape index (κ1) is 9.04. The van der Waals surface area contributed by atoms with Crippen LogP contribution in [0, 0.1) is 10.1 Å². The van der Waals surface area contributed by atoms with Crippen LogP contribution in [0.4, 0.5) is 0 Å². The maximum absolute atomic E-state index is 10.2. The SMILES string of the molecule is O=[N+]([O-])C1=NC(Br)(CI)N=C1. The van der Waals surface area contributed by atoms with Gasteiger partial charge in [0.15, 0.2) is 0 Å². The lowest BCUT2D eigenvalue weighted by Gasteiger charge is -2.01. The van der Waals surface area contributed by atoms with E-state index in [1.165, 1.54) is 0 Å². The predicted molar refractivity (Wildman–Crippen MR) is 53.5 cm³/mol. The third kappa shape index (κ3) is 1.95. The number of hydrogen-bond acceptors (Lipinski definition) is 4. The van der Waals surface area contributed by atoms with Crippen LogP contribution in [0.15, 0.2) is 9.98 Å². The molecule has 0 aromatic carbocycles. The van der Waals surface area contributed by atoms with Crippen LogP contribution in [0.2, 0.25) is 0 Å². The van der Waals surface area contributed by atoms with Crippen LogP contribution in [-0.2, 0) is 0 Å². The van der Waals surface area contributed by atoms with E-state index in [1.807, 2.05) is 22.6 Å². The molecule has 1 atom stereocenters. The predicted octanol–water partition coefficient (Wildman–Crippen LogP) is 1.23. The smallest absolute Gasteiger partial charge is 0.358 e. The van der Waals surface area contributed by atoms with Crippen molar-refractivity contribution in [2.75, 3.05) is 4.43 Å². The molecular formula is C4H3BrIN3O2. The zero-order valence-electron chi connectivity index (χ0n) is 5.20. The highest BCUT2D eigenvalue weighted by Crippen LogP contribution is 2.27. The summed E-state index contributed by atoms with van der Waals surface area (Å²) in [6.45, 7) is 0. The average Bonchev–Trinajstić information content (AvgIpc) is 2.33. The molecule has 0 radical (unpaired) electrons. The van der Waals surface area contributed by atoms with Crippen molar-refractivity contribution < 1.29 is 4.92 Å². The van der Waals surface area contributed by atoms with E-state index in [1.54, 1.807) is 0 Å². The number of halogens is 2. The Kier molecular flexibility index (Phi) is 2.58. The quantitative estimate of drug-likeness (QED) is 0.238. The maximum Gasteiger partial charge on any atom is 0.379 e. The van der Waals surface area contributed by atoms with Gasteiger partial charge in [-0.2, -0.15) is 0 Å². The van der Waals surface area contributed by atoms with Gasteiger partial charge in [0.05, 0.1) is 4.43 Å². The molecule has 0 aromatic rings. The first-order valence-corrected chi connectivity index (χ1v) is 4.93. The van der Waals surface area contributed by atoms with Crippen molar-refractivity contribution in [1.82, 2.24) is 0 Å². The van der Waals surface area contributed by atoms with Crippen molar-refractivity contribution >= 4 is 50.6 Å². The summed E-state index contributed by atoms with van der Waals surface area (Å²) in [6.07, 6.45) is 1.16. The third-order valence-corrected chi connectivity index (χ3v) is 3.80. The molecule has 0 saturated heterocycles. The summed E-state index contributed by atoms with van der Waals surface area (Å²) in [5, 5.41) is 10.2. The third-order valence-electron chi connectivity index (χ3n) is 1.02. The Bertz CT molecular complexity index is 254. The molecule has 0 amide bonds. The molecule has 0 aliphatic carbocycles. The molecule has 1 rings (SSSR count). The molecule has 0 fully saturated rings. The normalized spacial score (nSPS) is 28.7. The van der Waals surface area contributed by atoms with Crippen molar-refractivity contribution in [2.24, 2.45) is 9.98 Å². The fourth-order valence-corrected chi connectivity index (χ4v) is 1.19. The van der Waals surface area contributed by atoms with E-state index in [9.17, 15) is 10.1 Å². The number of nitro groups is 1. The van der Waals surface area contributed by atoms with Crippen molar-refractivity contribution in [2.45, 2.75) is 4.57 Å². The molecule has 0 saturated carbocycles. The van der Waals surface area contributed by atoms with E-state index in [4.69, 9.17) is 0 Å². The van der Waals surface area contributed by atoms with E-state index in [2.05, 4.69) is 25.9 Å². The Morgan fingerprint density at radius 1 is 1.91 bits per heavy atom. The van der Waals surface area contributed by atoms with Crippen LogP contribution < -0.4 is 0 Å². The van der Waals surface area contributed by atoms with E-state index in [0.29, 0.717) is 4.43 Å². The van der Waals surface area contributed by atoms with Gasteiger partial charge < -0.3 is 10.1 Å². The molecule has 1 aliphatic heterocycles. The van der Waals surface area contributed by atoms with Gasteiger partial charge in [-0.15, -0.1) is 0 Å². The highest BCUT2D eigenvalue weighted by molar-refractivity contribution is 14.1. The second-order valence-electron chi connectivity index (χ2n) is 1.84. The first-order valence-electron chi connectivity index (χ1n) is 2.62. The van der Waals surface area contributed by atoms with E-state index >= 15 is 0 Å². The topological polar surface area (TPSA) is 67.9 Å². The molecule has 11 heavy (non-hydrogen) atoms. The monoisotopic (exact) mass is 331 g/mol. The lowest BCUT2D eigenvalue weighted by molar-refractivity contribution is -0.345. The summed E-state index contributed by atoms with van der Waals surface area (Å²) in [5.41, 5.74) is 0. The Labute approximate surface area is 84.4 Å². The minimum Gasteiger partial charge on any atom is -0.358 e. The summed E-state index contributed by atoms with van der Waals surface area (Å²) in [6, 6.07) is 0. The Balaban J connectivity index is 2.86. The Morgan fingerprint density at radius 2 is 2.55 bits per heavy atom. The molecule has 1 aliphatic rings. The van der Waals surface area contributed by atoms with E-state index in [-0.39, 0.29) is 5.84 Å². The van der Waals surface area contributed by atoms with Crippen LogP contribution in [0.5, 0.6) is 0 Å². The summed E-state index contributed by atoms with van der Waals surface area (Å²) >= 11 is 5.21. The van der Waals surface area contributed by atoms with Crippen LogP contribution in [0.1, 0.15) is 0 Å². The van der Waals surface area contributed by atoms with Gasteiger partial charge in [0.25, 0.3) is 0 Å². The number of rotatable bonds is 1. The fraction of sp³-hybridized carbons (Fsp3) is 0.500. The van der Waals surface area contributed by atoms with Crippen molar-refractivity contribution in [1.29, 1.82) is 0 Å². The number of aliphatic imine (C=N–C) groups is 2. The standard InChI is InChI=1S/C4H3BrIN3O2/c5-4(2-6)7-1-3(8-4)9(10)11/h1H,2H2. The van der Waals surface area contributed by atoms with Gasteiger partial charge >= 0.3 is 10.4 Å². The molecule has 5 nitrogen and oxygen atoms in total. The highest BCUT2D eigenvalue weighted by atomic mass is 127. The van der Waals surface area contributed by atoms with Crippen LogP contribution >= 0.6 is 38.5 Å². The summed E-state index contributed by atoms with van der Waals surface area (Å²) in [7, 11) is 0. The second-order valence-corrected chi connectivity index (χ2v) is 3.87. The largest absolute Gasteiger partial charge is 0.379 e. The second kappa shape index (κ2) is 3.13. The van der Waals surface area contributed by atoms with Crippen LogP contribution in [0.25, 0.3) is 0 Å². The highest BCUT2D eigenvalue weighted by Gasteiger charge is 2.36. The minimum absolute atomic E-state index is 0.196. The summed E-state index contributed by atoms with van der Waals surface area (Å²) in [4.78, 5) is 17.2. The first-order chi connectivity index (χ1) is 5.07. The zero-order valence-corrected chi connectivity index (χ0v) is 8.94. The molecule has 60 valence electrons.